The third-order valence-electron chi connectivity index (χ3n) is 2.77. The molecule has 0 aromatic heterocycles. The van der Waals surface area contributed by atoms with Crippen LogP contribution in [0.25, 0.3) is 0 Å². The first-order chi connectivity index (χ1) is 6.68. The van der Waals surface area contributed by atoms with Gasteiger partial charge in [0.05, 0.1) is 11.6 Å². The number of phenols is 1. The van der Waals surface area contributed by atoms with Gasteiger partial charge in [-0.15, -0.1) is 0 Å². The van der Waals surface area contributed by atoms with E-state index in [1.54, 1.807) is 12.1 Å². The summed E-state index contributed by atoms with van der Waals surface area (Å²) in [6.07, 6.45) is 2.12. The highest BCUT2D eigenvalue weighted by Gasteiger charge is 2.44. The van der Waals surface area contributed by atoms with Gasteiger partial charge in [-0.3, -0.25) is 0 Å². The van der Waals surface area contributed by atoms with Crippen LogP contribution in [0.4, 0.5) is 0 Å². The zero-order chi connectivity index (χ0) is 10.2. The minimum atomic E-state index is 0.0338. The zero-order valence-electron chi connectivity index (χ0n) is 7.66. The lowest BCUT2D eigenvalue weighted by Gasteiger charge is -2.14. The van der Waals surface area contributed by atoms with E-state index < -0.39 is 0 Å². The largest absolute Gasteiger partial charge is 0.506 e. The fraction of sp³-hybridized carbons (Fsp3) is 0.400. The Bertz CT molecular complexity index is 350. The minimum Gasteiger partial charge on any atom is -0.506 e. The smallest absolute Gasteiger partial charge is 0.134 e. The van der Waals surface area contributed by atoms with Crippen molar-refractivity contribution in [3.05, 3.63) is 28.8 Å². The van der Waals surface area contributed by atoms with Crippen LogP contribution in [-0.2, 0) is 10.3 Å². The zero-order valence-corrected chi connectivity index (χ0v) is 8.42. The number of rotatable bonds is 3. The second kappa shape index (κ2) is 3.42. The highest BCUT2D eigenvalue weighted by Crippen LogP contribution is 2.49. The van der Waals surface area contributed by atoms with Crippen LogP contribution in [0.15, 0.2) is 18.2 Å². The molecule has 1 aromatic rings. The van der Waals surface area contributed by atoms with Crippen molar-refractivity contribution in [2.45, 2.75) is 18.3 Å². The maximum absolute atomic E-state index is 9.27. The van der Waals surface area contributed by atoms with Gasteiger partial charge in [0, 0.05) is 5.41 Å². The Balaban J connectivity index is 2.28. The number of phenolic OH excluding ortho intramolecular Hbond substituents is 1. The van der Waals surface area contributed by atoms with Crippen molar-refractivity contribution in [1.29, 1.82) is 0 Å². The van der Waals surface area contributed by atoms with Crippen LogP contribution in [0.5, 0.6) is 5.75 Å². The lowest BCUT2D eigenvalue weighted by molar-refractivity contribution is 0.116. The summed E-state index contributed by atoms with van der Waals surface area (Å²) in [7, 11) is 0. The average molecular weight is 214 g/mol. The first-order valence-electron chi connectivity index (χ1n) is 4.49. The van der Waals surface area contributed by atoms with Crippen molar-refractivity contribution in [1.82, 2.24) is 0 Å². The van der Waals surface area contributed by atoms with Crippen LogP contribution in [0.3, 0.4) is 0 Å². The molecule has 0 aliphatic heterocycles. The van der Waals surface area contributed by atoms with Crippen molar-refractivity contribution < 1.29 is 9.94 Å². The molecule has 14 heavy (non-hydrogen) atoms. The topological polar surface area (TPSA) is 55.5 Å². The highest BCUT2D eigenvalue weighted by atomic mass is 35.5. The molecule has 3 nitrogen and oxygen atoms in total. The minimum absolute atomic E-state index is 0.0338. The van der Waals surface area contributed by atoms with E-state index in [1.807, 2.05) is 6.07 Å². The molecule has 4 heteroatoms. The molecule has 0 spiro atoms. The second-order valence-electron chi connectivity index (χ2n) is 3.76. The van der Waals surface area contributed by atoms with Crippen molar-refractivity contribution in [2.24, 2.45) is 5.90 Å². The molecule has 1 saturated carbocycles. The van der Waals surface area contributed by atoms with E-state index in [9.17, 15) is 5.11 Å². The Morgan fingerprint density at radius 2 is 2.21 bits per heavy atom. The summed E-state index contributed by atoms with van der Waals surface area (Å²) >= 11 is 5.83. The van der Waals surface area contributed by atoms with Crippen molar-refractivity contribution >= 4 is 11.6 Å². The van der Waals surface area contributed by atoms with Crippen molar-refractivity contribution in [3.8, 4) is 5.75 Å². The summed E-state index contributed by atoms with van der Waals surface area (Å²) in [6.45, 7) is 0.508. The predicted molar refractivity (Wildman–Crippen MR) is 54.2 cm³/mol. The van der Waals surface area contributed by atoms with E-state index in [-0.39, 0.29) is 11.2 Å². The van der Waals surface area contributed by atoms with E-state index in [0.29, 0.717) is 11.6 Å². The number of nitrogens with two attached hydrogens (primary N) is 1. The SMILES string of the molecule is NOCC1(c2ccc(O)c(Cl)c2)CC1. The average Bonchev–Trinajstić information content (AvgIpc) is 2.91. The lowest BCUT2D eigenvalue weighted by Crippen LogP contribution is -2.17. The number of hydrogen-bond donors (Lipinski definition) is 2. The molecule has 1 aromatic carbocycles. The molecular weight excluding hydrogens is 202 g/mol. The summed E-state index contributed by atoms with van der Waals surface area (Å²) < 4.78 is 0. The quantitative estimate of drug-likeness (QED) is 0.755. The van der Waals surface area contributed by atoms with Crippen molar-refractivity contribution in [2.75, 3.05) is 6.61 Å². The van der Waals surface area contributed by atoms with E-state index in [4.69, 9.17) is 17.5 Å². The number of halogens is 1. The van der Waals surface area contributed by atoms with E-state index in [0.717, 1.165) is 18.4 Å². The van der Waals surface area contributed by atoms with Gasteiger partial charge in [0.1, 0.15) is 5.75 Å². The fourth-order valence-electron chi connectivity index (χ4n) is 1.66. The monoisotopic (exact) mass is 213 g/mol. The molecule has 0 amide bonds. The van der Waals surface area contributed by atoms with Gasteiger partial charge in [-0.1, -0.05) is 17.7 Å². The molecule has 0 bridgehead atoms. The Morgan fingerprint density at radius 3 is 2.71 bits per heavy atom. The van der Waals surface area contributed by atoms with Crippen LogP contribution >= 0.6 is 11.6 Å². The molecule has 0 saturated heterocycles. The van der Waals surface area contributed by atoms with Crippen LogP contribution < -0.4 is 5.90 Å². The van der Waals surface area contributed by atoms with Gasteiger partial charge >= 0.3 is 0 Å². The van der Waals surface area contributed by atoms with Gasteiger partial charge in [-0.2, -0.15) is 0 Å². The fourth-order valence-corrected chi connectivity index (χ4v) is 1.84. The summed E-state index contributed by atoms with van der Waals surface area (Å²) in [4.78, 5) is 4.69. The summed E-state index contributed by atoms with van der Waals surface area (Å²) in [5, 5.41) is 9.65. The molecule has 0 unspecified atom stereocenters. The number of aromatic hydroxyl groups is 1. The molecule has 1 fully saturated rings. The first-order valence-corrected chi connectivity index (χ1v) is 4.86. The first kappa shape index (κ1) is 9.77. The van der Waals surface area contributed by atoms with Gasteiger partial charge in [0.2, 0.25) is 0 Å². The normalized spacial score (nSPS) is 18.1. The molecule has 0 atom stereocenters. The van der Waals surface area contributed by atoms with Gasteiger partial charge in [-0.25, -0.2) is 5.90 Å². The van der Waals surface area contributed by atoms with Gasteiger partial charge in [0.15, 0.2) is 0 Å². The van der Waals surface area contributed by atoms with E-state index in [1.165, 1.54) is 0 Å². The Hall–Kier alpha value is -0.770. The summed E-state index contributed by atoms with van der Waals surface area (Å²) in [6, 6.07) is 5.25. The molecule has 1 aliphatic carbocycles. The lowest BCUT2D eigenvalue weighted by atomic mass is 9.97. The van der Waals surface area contributed by atoms with Crippen LogP contribution in [0.2, 0.25) is 5.02 Å². The van der Waals surface area contributed by atoms with Crippen LogP contribution in [0.1, 0.15) is 18.4 Å². The Labute approximate surface area is 87.4 Å². The molecule has 0 radical (unpaired) electrons. The predicted octanol–water partition coefficient (Wildman–Crippen LogP) is 1.97. The standard InChI is InChI=1S/C10H12ClNO2/c11-8-5-7(1-2-9(8)13)10(3-4-10)6-14-12/h1-2,5,13H,3-4,6,12H2. The van der Waals surface area contributed by atoms with Gasteiger partial charge < -0.3 is 9.94 Å². The third-order valence-corrected chi connectivity index (χ3v) is 3.08. The van der Waals surface area contributed by atoms with Gasteiger partial charge in [0.25, 0.3) is 0 Å². The summed E-state index contributed by atoms with van der Waals surface area (Å²) in [5.41, 5.74) is 1.12. The molecule has 3 N–H and O–H groups in total. The van der Waals surface area contributed by atoms with E-state index >= 15 is 0 Å². The number of benzene rings is 1. The Kier molecular flexibility index (Phi) is 2.39. The molecular formula is C10H12ClNO2. The number of hydrogen-bond acceptors (Lipinski definition) is 3. The Morgan fingerprint density at radius 1 is 1.50 bits per heavy atom. The maximum Gasteiger partial charge on any atom is 0.134 e. The van der Waals surface area contributed by atoms with Crippen LogP contribution in [0, 0.1) is 0 Å². The molecule has 76 valence electrons. The van der Waals surface area contributed by atoms with Crippen LogP contribution in [-0.4, -0.2) is 11.7 Å². The van der Waals surface area contributed by atoms with E-state index in [2.05, 4.69) is 4.84 Å². The second-order valence-corrected chi connectivity index (χ2v) is 4.16. The van der Waals surface area contributed by atoms with Gasteiger partial charge in [-0.05, 0) is 30.5 Å². The van der Waals surface area contributed by atoms with Crippen molar-refractivity contribution in [3.63, 3.8) is 0 Å². The maximum atomic E-state index is 9.27. The summed E-state index contributed by atoms with van der Waals surface area (Å²) in [5.74, 6) is 5.19. The molecule has 0 heterocycles. The third kappa shape index (κ3) is 1.59. The molecule has 2 rings (SSSR count). The highest BCUT2D eigenvalue weighted by molar-refractivity contribution is 6.32. The molecule has 1 aliphatic rings.